The third-order valence-corrected chi connectivity index (χ3v) is 2.01. The van der Waals surface area contributed by atoms with Crippen molar-refractivity contribution < 1.29 is 0 Å². The predicted octanol–water partition coefficient (Wildman–Crippen LogP) is -0.863. The van der Waals surface area contributed by atoms with Gasteiger partial charge in [0.05, 0.1) is 0 Å². The lowest BCUT2D eigenvalue weighted by Gasteiger charge is -2.05. The van der Waals surface area contributed by atoms with Crippen LogP contribution in [0.2, 0.25) is 0 Å². The number of rotatable bonds is 0. The van der Waals surface area contributed by atoms with Gasteiger partial charge in [-0.25, -0.2) is 9.59 Å². The molecule has 0 aromatic carbocycles. The summed E-state index contributed by atoms with van der Waals surface area (Å²) in [5.74, 6) is 0.381. The van der Waals surface area contributed by atoms with Gasteiger partial charge in [0.1, 0.15) is 0 Å². The summed E-state index contributed by atoms with van der Waals surface area (Å²) in [5, 5.41) is 2.94. The van der Waals surface area contributed by atoms with E-state index in [0.717, 1.165) is 19.4 Å². The van der Waals surface area contributed by atoms with Crippen LogP contribution >= 0.6 is 0 Å². The molecule has 13 heavy (non-hydrogen) atoms. The monoisotopic (exact) mass is 182 g/mol. The highest BCUT2D eigenvalue weighted by molar-refractivity contribution is 5.23. The van der Waals surface area contributed by atoms with Crippen LogP contribution in [0.25, 0.3) is 0 Å². The molecule has 0 spiro atoms. The first-order valence-electron chi connectivity index (χ1n) is 4.22. The number of hydrogen-bond donors (Lipinski definition) is 2. The van der Waals surface area contributed by atoms with Gasteiger partial charge < -0.3 is 5.32 Å². The van der Waals surface area contributed by atoms with Crippen molar-refractivity contribution in [2.24, 2.45) is 0 Å². The normalized spacial score (nSPS) is 15.7. The molecule has 70 valence electrons. The summed E-state index contributed by atoms with van der Waals surface area (Å²) in [7, 11) is 0. The van der Waals surface area contributed by atoms with Crippen molar-refractivity contribution in [2.45, 2.75) is 19.4 Å². The number of anilines is 1. The number of nitrogens with one attached hydrogen (secondary N) is 2. The molecule has 0 fully saturated rings. The van der Waals surface area contributed by atoms with Gasteiger partial charge in [-0.1, -0.05) is 0 Å². The molecule has 1 aromatic rings. The Hall–Kier alpha value is -1.59. The Balaban J connectivity index is 2.60. The van der Waals surface area contributed by atoms with E-state index in [1.165, 1.54) is 4.57 Å². The third-order valence-electron chi connectivity index (χ3n) is 2.01. The maximum Gasteiger partial charge on any atom is 0.352 e. The lowest BCUT2D eigenvalue weighted by molar-refractivity contribution is 0.610. The van der Waals surface area contributed by atoms with E-state index in [9.17, 15) is 9.59 Å². The SMILES string of the molecule is O=c1nc2n(c(=O)[nH]1)CCCCN2. The largest absolute Gasteiger partial charge is 0.355 e. The van der Waals surface area contributed by atoms with Crippen LogP contribution in [0.4, 0.5) is 5.95 Å². The molecule has 0 radical (unpaired) electrons. The van der Waals surface area contributed by atoms with Gasteiger partial charge in [0, 0.05) is 13.1 Å². The fourth-order valence-electron chi connectivity index (χ4n) is 1.38. The average molecular weight is 182 g/mol. The van der Waals surface area contributed by atoms with Gasteiger partial charge >= 0.3 is 11.4 Å². The number of fused-ring (bicyclic) bond motifs is 1. The highest BCUT2D eigenvalue weighted by atomic mass is 16.2. The van der Waals surface area contributed by atoms with Crippen molar-refractivity contribution >= 4 is 5.95 Å². The Morgan fingerprint density at radius 2 is 2.15 bits per heavy atom. The van der Waals surface area contributed by atoms with Crippen LogP contribution in [0.5, 0.6) is 0 Å². The van der Waals surface area contributed by atoms with Crippen LogP contribution < -0.4 is 16.7 Å². The van der Waals surface area contributed by atoms with Crippen LogP contribution in [0.1, 0.15) is 12.8 Å². The summed E-state index contributed by atoms with van der Waals surface area (Å²) in [6.45, 7) is 1.38. The van der Waals surface area contributed by atoms with E-state index in [0.29, 0.717) is 12.5 Å². The van der Waals surface area contributed by atoms with Gasteiger partial charge in [-0.05, 0) is 12.8 Å². The van der Waals surface area contributed by atoms with Crippen molar-refractivity contribution in [3.05, 3.63) is 21.0 Å². The number of aromatic nitrogens is 3. The Kier molecular flexibility index (Phi) is 1.88. The minimum absolute atomic E-state index is 0.381. The molecule has 6 nitrogen and oxygen atoms in total. The first-order chi connectivity index (χ1) is 6.27. The molecule has 0 aliphatic carbocycles. The second-order valence-electron chi connectivity index (χ2n) is 2.96. The zero-order chi connectivity index (χ0) is 9.26. The Labute approximate surface area is 73.6 Å². The molecule has 1 aliphatic heterocycles. The first-order valence-corrected chi connectivity index (χ1v) is 4.22. The van der Waals surface area contributed by atoms with Gasteiger partial charge in [0.15, 0.2) is 0 Å². The zero-order valence-corrected chi connectivity index (χ0v) is 7.04. The third kappa shape index (κ3) is 1.47. The van der Waals surface area contributed by atoms with Gasteiger partial charge in [-0.15, -0.1) is 0 Å². The van der Waals surface area contributed by atoms with Crippen LogP contribution in [-0.2, 0) is 6.54 Å². The molecule has 2 N–H and O–H groups in total. The summed E-state index contributed by atoms with van der Waals surface area (Å²) in [6, 6.07) is 0. The molecule has 2 rings (SSSR count). The molecule has 0 bridgehead atoms. The fourth-order valence-corrected chi connectivity index (χ4v) is 1.38. The summed E-state index contributed by atoms with van der Waals surface area (Å²) >= 11 is 0. The minimum atomic E-state index is -0.592. The van der Waals surface area contributed by atoms with E-state index in [1.54, 1.807) is 0 Å². The van der Waals surface area contributed by atoms with E-state index in [-0.39, 0.29) is 5.69 Å². The lowest BCUT2D eigenvalue weighted by Crippen LogP contribution is -2.33. The fraction of sp³-hybridized carbons (Fsp3) is 0.571. The van der Waals surface area contributed by atoms with Gasteiger partial charge in [-0.2, -0.15) is 4.98 Å². The lowest BCUT2D eigenvalue weighted by atomic mass is 10.3. The van der Waals surface area contributed by atoms with Crippen molar-refractivity contribution in [1.29, 1.82) is 0 Å². The molecule has 0 unspecified atom stereocenters. The standard InChI is InChI=1S/C7H10N4O2/c12-6-9-5-8-3-1-2-4-11(5)7(13)10-6/h1-4H2,(H2,8,9,10,12,13). The van der Waals surface area contributed by atoms with E-state index in [4.69, 9.17) is 0 Å². The topological polar surface area (TPSA) is 79.8 Å². The summed E-state index contributed by atoms with van der Waals surface area (Å²) in [6.07, 6.45) is 1.91. The summed E-state index contributed by atoms with van der Waals surface area (Å²) in [5.41, 5.74) is -0.977. The Morgan fingerprint density at radius 1 is 1.31 bits per heavy atom. The average Bonchev–Trinajstić information content (AvgIpc) is 2.28. The second-order valence-corrected chi connectivity index (χ2v) is 2.96. The van der Waals surface area contributed by atoms with Gasteiger partial charge in [0.2, 0.25) is 5.95 Å². The van der Waals surface area contributed by atoms with E-state index < -0.39 is 5.69 Å². The Bertz CT molecular complexity index is 419. The highest BCUT2D eigenvalue weighted by Gasteiger charge is 2.09. The maximum absolute atomic E-state index is 11.3. The van der Waals surface area contributed by atoms with Crippen LogP contribution in [0.3, 0.4) is 0 Å². The van der Waals surface area contributed by atoms with E-state index >= 15 is 0 Å². The number of H-pyrrole nitrogens is 1. The second kappa shape index (κ2) is 3.04. The molecular weight excluding hydrogens is 172 g/mol. The summed E-state index contributed by atoms with van der Waals surface area (Å²) < 4.78 is 1.45. The van der Waals surface area contributed by atoms with E-state index in [2.05, 4.69) is 15.3 Å². The summed E-state index contributed by atoms with van der Waals surface area (Å²) in [4.78, 5) is 27.9. The smallest absolute Gasteiger partial charge is 0.352 e. The molecule has 0 saturated heterocycles. The molecule has 1 aromatic heterocycles. The minimum Gasteiger partial charge on any atom is -0.355 e. The number of nitrogens with zero attached hydrogens (tertiary/aromatic N) is 2. The molecule has 0 amide bonds. The molecule has 2 heterocycles. The molecule has 0 saturated carbocycles. The Morgan fingerprint density at radius 3 is 3.00 bits per heavy atom. The van der Waals surface area contributed by atoms with E-state index in [1.807, 2.05) is 0 Å². The van der Waals surface area contributed by atoms with Crippen LogP contribution in [0.15, 0.2) is 9.59 Å². The van der Waals surface area contributed by atoms with Crippen molar-refractivity contribution in [3.8, 4) is 0 Å². The van der Waals surface area contributed by atoms with Gasteiger partial charge in [-0.3, -0.25) is 9.55 Å². The number of hydrogen-bond acceptors (Lipinski definition) is 4. The van der Waals surface area contributed by atoms with Gasteiger partial charge in [0.25, 0.3) is 0 Å². The molecular formula is C7H10N4O2. The predicted molar refractivity (Wildman–Crippen MR) is 46.8 cm³/mol. The zero-order valence-electron chi connectivity index (χ0n) is 7.04. The molecule has 1 aliphatic rings. The number of aromatic amines is 1. The quantitative estimate of drug-likeness (QED) is 0.547. The van der Waals surface area contributed by atoms with Crippen LogP contribution in [0, 0.1) is 0 Å². The van der Waals surface area contributed by atoms with Crippen molar-refractivity contribution in [2.75, 3.05) is 11.9 Å². The van der Waals surface area contributed by atoms with Crippen LogP contribution in [-0.4, -0.2) is 21.1 Å². The van der Waals surface area contributed by atoms with Crippen molar-refractivity contribution in [3.63, 3.8) is 0 Å². The maximum atomic E-state index is 11.3. The highest BCUT2D eigenvalue weighted by Crippen LogP contribution is 2.04. The van der Waals surface area contributed by atoms with Crippen molar-refractivity contribution in [1.82, 2.24) is 14.5 Å². The molecule has 0 atom stereocenters. The molecule has 6 heteroatoms. The first kappa shape index (κ1) is 8.03.